The van der Waals surface area contributed by atoms with Crippen LogP contribution >= 0.6 is 15.9 Å². The van der Waals surface area contributed by atoms with Crippen LogP contribution < -0.4 is 10.6 Å². The SMILES string of the molecule is CCCNc1ncc(Br)cc1C(=O)NCCn1ccnc1. The van der Waals surface area contributed by atoms with Crippen molar-refractivity contribution >= 4 is 27.7 Å². The van der Waals surface area contributed by atoms with Crippen molar-refractivity contribution in [3.8, 4) is 0 Å². The molecule has 0 spiro atoms. The summed E-state index contributed by atoms with van der Waals surface area (Å²) in [5, 5.41) is 6.06. The van der Waals surface area contributed by atoms with Gasteiger partial charge in [0, 0.05) is 42.7 Å². The third-order valence-electron chi connectivity index (χ3n) is 2.86. The fourth-order valence-corrected chi connectivity index (χ4v) is 2.14. The molecular weight excluding hydrogens is 334 g/mol. The maximum Gasteiger partial charge on any atom is 0.255 e. The third-order valence-corrected chi connectivity index (χ3v) is 3.29. The molecule has 0 radical (unpaired) electrons. The number of halogens is 1. The van der Waals surface area contributed by atoms with Crippen LogP contribution in [-0.2, 0) is 6.54 Å². The Morgan fingerprint density at radius 2 is 2.29 bits per heavy atom. The molecule has 2 heterocycles. The number of rotatable bonds is 7. The molecule has 2 aromatic heterocycles. The maximum atomic E-state index is 12.3. The van der Waals surface area contributed by atoms with Gasteiger partial charge in [0.15, 0.2) is 0 Å². The molecule has 0 aliphatic carbocycles. The summed E-state index contributed by atoms with van der Waals surface area (Å²) in [6, 6.07) is 1.78. The zero-order chi connectivity index (χ0) is 15.1. The van der Waals surface area contributed by atoms with Crippen LogP contribution in [-0.4, -0.2) is 33.5 Å². The highest BCUT2D eigenvalue weighted by molar-refractivity contribution is 9.10. The number of anilines is 1. The van der Waals surface area contributed by atoms with Gasteiger partial charge in [-0.1, -0.05) is 6.92 Å². The number of hydrogen-bond donors (Lipinski definition) is 2. The zero-order valence-corrected chi connectivity index (χ0v) is 13.4. The molecule has 112 valence electrons. The molecule has 0 aliphatic rings. The van der Waals surface area contributed by atoms with Crippen molar-refractivity contribution in [2.75, 3.05) is 18.4 Å². The molecule has 2 aromatic rings. The Labute approximate surface area is 132 Å². The molecule has 7 heteroatoms. The van der Waals surface area contributed by atoms with Crippen LogP contribution in [0.3, 0.4) is 0 Å². The quantitative estimate of drug-likeness (QED) is 0.802. The van der Waals surface area contributed by atoms with E-state index in [-0.39, 0.29) is 5.91 Å². The van der Waals surface area contributed by atoms with Crippen LogP contribution in [0.2, 0.25) is 0 Å². The first-order chi connectivity index (χ1) is 10.2. The molecule has 0 unspecified atom stereocenters. The molecule has 2 rings (SSSR count). The average Bonchev–Trinajstić information content (AvgIpc) is 2.99. The first-order valence-corrected chi connectivity index (χ1v) is 7.63. The molecular formula is C14H18BrN5O. The molecule has 0 bridgehead atoms. The number of nitrogens with zero attached hydrogens (tertiary/aromatic N) is 3. The molecule has 0 saturated carbocycles. The Morgan fingerprint density at radius 1 is 1.43 bits per heavy atom. The van der Waals surface area contributed by atoms with E-state index in [1.165, 1.54) is 0 Å². The summed E-state index contributed by atoms with van der Waals surface area (Å²) in [5.41, 5.74) is 0.545. The van der Waals surface area contributed by atoms with Crippen LogP contribution in [0.5, 0.6) is 0 Å². The lowest BCUT2D eigenvalue weighted by atomic mass is 10.2. The molecule has 0 atom stereocenters. The first kappa shape index (κ1) is 15.5. The van der Waals surface area contributed by atoms with Gasteiger partial charge < -0.3 is 15.2 Å². The third kappa shape index (κ3) is 4.56. The molecule has 1 amide bonds. The highest BCUT2D eigenvalue weighted by Gasteiger charge is 2.12. The van der Waals surface area contributed by atoms with E-state index in [1.807, 2.05) is 10.8 Å². The smallest absolute Gasteiger partial charge is 0.255 e. The van der Waals surface area contributed by atoms with Crippen LogP contribution in [0.25, 0.3) is 0 Å². The fraction of sp³-hybridized carbons (Fsp3) is 0.357. The summed E-state index contributed by atoms with van der Waals surface area (Å²) < 4.78 is 2.69. The van der Waals surface area contributed by atoms with Gasteiger partial charge in [0.1, 0.15) is 5.82 Å². The summed E-state index contributed by atoms with van der Waals surface area (Å²) in [7, 11) is 0. The number of nitrogens with one attached hydrogen (secondary N) is 2. The van der Waals surface area contributed by atoms with E-state index in [2.05, 4.69) is 43.5 Å². The molecule has 0 aliphatic heterocycles. The van der Waals surface area contributed by atoms with E-state index in [9.17, 15) is 4.79 Å². The van der Waals surface area contributed by atoms with Gasteiger partial charge in [-0.2, -0.15) is 0 Å². The minimum Gasteiger partial charge on any atom is -0.369 e. The molecule has 6 nitrogen and oxygen atoms in total. The van der Waals surface area contributed by atoms with E-state index in [1.54, 1.807) is 24.8 Å². The van der Waals surface area contributed by atoms with Crippen molar-refractivity contribution in [2.45, 2.75) is 19.9 Å². The number of imidazole rings is 1. The number of amides is 1. The van der Waals surface area contributed by atoms with E-state index in [0.29, 0.717) is 24.5 Å². The first-order valence-electron chi connectivity index (χ1n) is 6.84. The standard InChI is InChI=1S/C14H18BrN5O/c1-2-3-17-13-12(8-11(15)9-19-13)14(21)18-5-7-20-6-4-16-10-20/h4,6,8-10H,2-3,5,7H2,1H3,(H,17,19)(H,18,21). The van der Waals surface area contributed by atoms with Gasteiger partial charge in [0.25, 0.3) is 5.91 Å². The highest BCUT2D eigenvalue weighted by Crippen LogP contribution is 2.18. The number of carbonyl (C=O) groups is 1. The van der Waals surface area contributed by atoms with Crippen molar-refractivity contribution in [1.29, 1.82) is 0 Å². The molecule has 21 heavy (non-hydrogen) atoms. The molecule has 0 aromatic carbocycles. The fourth-order valence-electron chi connectivity index (χ4n) is 1.81. The Balaban J connectivity index is 1.98. The Kier molecular flexibility index (Phi) is 5.74. The zero-order valence-electron chi connectivity index (χ0n) is 11.8. The van der Waals surface area contributed by atoms with Gasteiger partial charge in [-0.15, -0.1) is 0 Å². The lowest BCUT2D eigenvalue weighted by molar-refractivity contribution is 0.0952. The van der Waals surface area contributed by atoms with Crippen LogP contribution in [0.15, 0.2) is 35.5 Å². The lowest BCUT2D eigenvalue weighted by Gasteiger charge is -2.11. The highest BCUT2D eigenvalue weighted by atomic mass is 79.9. The van der Waals surface area contributed by atoms with E-state index in [0.717, 1.165) is 17.4 Å². The van der Waals surface area contributed by atoms with Crippen LogP contribution in [0.4, 0.5) is 5.82 Å². The summed E-state index contributed by atoms with van der Waals surface area (Å²) in [4.78, 5) is 20.5. The van der Waals surface area contributed by atoms with Crippen molar-refractivity contribution in [3.63, 3.8) is 0 Å². The largest absolute Gasteiger partial charge is 0.369 e. The lowest BCUT2D eigenvalue weighted by Crippen LogP contribution is -2.28. The average molecular weight is 352 g/mol. The van der Waals surface area contributed by atoms with Crippen molar-refractivity contribution in [3.05, 3.63) is 41.0 Å². The maximum absolute atomic E-state index is 12.3. The predicted octanol–water partition coefficient (Wildman–Crippen LogP) is 2.29. The minimum atomic E-state index is -0.137. The predicted molar refractivity (Wildman–Crippen MR) is 85.3 cm³/mol. The number of pyridine rings is 1. The van der Waals surface area contributed by atoms with Gasteiger partial charge in [-0.3, -0.25) is 4.79 Å². The second-order valence-electron chi connectivity index (χ2n) is 4.53. The summed E-state index contributed by atoms with van der Waals surface area (Å²) in [6.45, 7) is 4.07. The second-order valence-corrected chi connectivity index (χ2v) is 5.45. The number of hydrogen-bond acceptors (Lipinski definition) is 4. The minimum absolute atomic E-state index is 0.137. The van der Waals surface area contributed by atoms with Crippen molar-refractivity contribution in [2.24, 2.45) is 0 Å². The summed E-state index contributed by atoms with van der Waals surface area (Å²) in [6.07, 6.45) is 7.95. The van der Waals surface area contributed by atoms with Gasteiger partial charge in [-0.05, 0) is 28.4 Å². The van der Waals surface area contributed by atoms with Crippen molar-refractivity contribution in [1.82, 2.24) is 19.9 Å². The number of carbonyl (C=O) groups excluding carboxylic acids is 1. The van der Waals surface area contributed by atoms with E-state index >= 15 is 0 Å². The second kappa shape index (κ2) is 7.78. The Hall–Kier alpha value is -1.89. The Morgan fingerprint density at radius 3 is 3.00 bits per heavy atom. The van der Waals surface area contributed by atoms with Crippen LogP contribution in [0, 0.1) is 0 Å². The molecule has 0 saturated heterocycles. The van der Waals surface area contributed by atoms with E-state index in [4.69, 9.17) is 0 Å². The number of aromatic nitrogens is 3. The Bertz CT molecular complexity index is 585. The van der Waals surface area contributed by atoms with E-state index < -0.39 is 0 Å². The van der Waals surface area contributed by atoms with Gasteiger partial charge in [0.2, 0.25) is 0 Å². The molecule has 2 N–H and O–H groups in total. The van der Waals surface area contributed by atoms with Gasteiger partial charge >= 0.3 is 0 Å². The van der Waals surface area contributed by atoms with Gasteiger partial charge in [-0.25, -0.2) is 9.97 Å². The summed E-state index contributed by atoms with van der Waals surface area (Å²) in [5.74, 6) is 0.475. The van der Waals surface area contributed by atoms with Gasteiger partial charge in [0.05, 0.1) is 11.9 Å². The molecule has 0 fully saturated rings. The topological polar surface area (TPSA) is 71.8 Å². The van der Waals surface area contributed by atoms with Crippen molar-refractivity contribution < 1.29 is 4.79 Å². The monoisotopic (exact) mass is 351 g/mol. The normalized spacial score (nSPS) is 10.4. The summed E-state index contributed by atoms with van der Waals surface area (Å²) >= 11 is 3.35. The van der Waals surface area contributed by atoms with Crippen LogP contribution in [0.1, 0.15) is 23.7 Å².